The van der Waals surface area contributed by atoms with E-state index in [-0.39, 0.29) is 11.5 Å². The Morgan fingerprint density at radius 3 is 2.74 bits per heavy atom. The molecule has 1 rings (SSSR count). The molecule has 0 aliphatic heterocycles. The number of anilines is 1. The Bertz CT molecular complexity index is 431. The number of carbonyl (C=O) groups is 2. The quantitative estimate of drug-likeness (QED) is 0.558. The van der Waals surface area contributed by atoms with Crippen LogP contribution in [0.2, 0.25) is 0 Å². The fraction of sp³-hybridized carbons (Fsp3) is 0.429. The van der Waals surface area contributed by atoms with Crippen LogP contribution < -0.4 is 5.32 Å². The minimum Gasteiger partial charge on any atom is -0.478 e. The van der Waals surface area contributed by atoms with Crippen LogP contribution in [0.1, 0.15) is 36.0 Å². The molecule has 19 heavy (non-hydrogen) atoms. The van der Waals surface area contributed by atoms with Crippen molar-refractivity contribution in [3.8, 4) is 0 Å². The number of hydrogen-bond acceptors (Lipinski definition) is 4. The van der Waals surface area contributed by atoms with Gasteiger partial charge in [0.25, 0.3) is 0 Å². The highest BCUT2D eigenvalue weighted by molar-refractivity contribution is 5.88. The molecule has 0 aliphatic carbocycles. The van der Waals surface area contributed by atoms with Crippen molar-refractivity contribution in [2.24, 2.45) is 0 Å². The van der Waals surface area contributed by atoms with E-state index in [0.717, 1.165) is 31.5 Å². The van der Waals surface area contributed by atoms with E-state index in [2.05, 4.69) is 10.1 Å². The van der Waals surface area contributed by atoms with Crippen LogP contribution in [0.3, 0.4) is 0 Å². The SMILES string of the molecule is COC(=O)CCCCCNc1cccc(C(=O)O)c1. The van der Waals surface area contributed by atoms with Crippen molar-refractivity contribution >= 4 is 17.6 Å². The Kier molecular flexibility index (Phi) is 6.43. The van der Waals surface area contributed by atoms with Crippen LogP contribution in [0, 0.1) is 0 Å². The van der Waals surface area contributed by atoms with Crippen LogP contribution >= 0.6 is 0 Å². The Labute approximate surface area is 112 Å². The fourth-order valence-electron chi connectivity index (χ4n) is 1.67. The van der Waals surface area contributed by atoms with Crippen molar-refractivity contribution in [1.29, 1.82) is 0 Å². The predicted molar refractivity (Wildman–Crippen MR) is 72.4 cm³/mol. The summed E-state index contributed by atoms with van der Waals surface area (Å²) in [5.41, 5.74) is 1.07. The van der Waals surface area contributed by atoms with Gasteiger partial charge in [-0.3, -0.25) is 4.79 Å². The zero-order valence-corrected chi connectivity index (χ0v) is 11.0. The van der Waals surface area contributed by atoms with Crippen molar-refractivity contribution in [1.82, 2.24) is 0 Å². The highest BCUT2D eigenvalue weighted by Gasteiger charge is 2.02. The van der Waals surface area contributed by atoms with Crippen LogP contribution in [-0.4, -0.2) is 30.7 Å². The lowest BCUT2D eigenvalue weighted by atomic mass is 10.2. The minimum absolute atomic E-state index is 0.179. The maximum absolute atomic E-state index is 10.9. The second-order valence-electron chi connectivity index (χ2n) is 4.20. The fourth-order valence-corrected chi connectivity index (χ4v) is 1.67. The van der Waals surface area contributed by atoms with Gasteiger partial charge in [-0.25, -0.2) is 4.79 Å². The topological polar surface area (TPSA) is 75.6 Å². The van der Waals surface area contributed by atoms with Gasteiger partial charge in [0.15, 0.2) is 0 Å². The summed E-state index contributed by atoms with van der Waals surface area (Å²) >= 11 is 0. The molecule has 104 valence electrons. The minimum atomic E-state index is -0.929. The van der Waals surface area contributed by atoms with Gasteiger partial charge >= 0.3 is 11.9 Å². The summed E-state index contributed by atoms with van der Waals surface area (Å²) in [5.74, 6) is -1.11. The van der Waals surface area contributed by atoms with E-state index >= 15 is 0 Å². The van der Waals surface area contributed by atoms with E-state index in [1.165, 1.54) is 7.11 Å². The van der Waals surface area contributed by atoms with Gasteiger partial charge in [0.05, 0.1) is 12.7 Å². The molecule has 1 aromatic rings. The first-order valence-electron chi connectivity index (χ1n) is 6.27. The standard InChI is InChI=1S/C14H19NO4/c1-19-13(16)8-3-2-4-9-15-12-7-5-6-11(10-12)14(17)18/h5-7,10,15H,2-4,8-9H2,1H3,(H,17,18). The smallest absolute Gasteiger partial charge is 0.335 e. The van der Waals surface area contributed by atoms with Gasteiger partial charge in [0, 0.05) is 18.7 Å². The molecule has 1 aromatic carbocycles. The summed E-state index contributed by atoms with van der Waals surface area (Å²) in [6, 6.07) is 6.71. The Hall–Kier alpha value is -2.04. The van der Waals surface area contributed by atoms with Crippen molar-refractivity contribution in [2.45, 2.75) is 25.7 Å². The third-order valence-electron chi connectivity index (χ3n) is 2.72. The summed E-state index contributed by atoms with van der Waals surface area (Å²) in [5, 5.41) is 12.0. The maximum Gasteiger partial charge on any atom is 0.335 e. The second-order valence-corrected chi connectivity index (χ2v) is 4.20. The number of unbranched alkanes of at least 4 members (excludes halogenated alkanes) is 2. The highest BCUT2D eigenvalue weighted by atomic mass is 16.5. The maximum atomic E-state index is 10.9. The Morgan fingerprint density at radius 1 is 1.26 bits per heavy atom. The summed E-state index contributed by atoms with van der Waals surface area (Å²) in [6.45, 7) is 0.754. The van der Waals surface area contributed by atoms with Gasteiger partial charge in [-0.05, 0) is 31.0 Å². The van der Waals surface area contributed by atoms with E-state index in [1.54, 1.807) is 18.2 Å². The number of nitrogens with one attached hydrogen (secondary N) is 1. The summed E-state index contributed by atoms with van der Waals surface area (Å²) in [7, 11) is 1.39. The van der Waals surface area contributed by atoms with E-state index in [4.69, 9.17) is 5.11 Å². The number of rotatable bonds is 8. The third kappa shape index (κ3) is 5.90. The molecule has 0 saturated carbocycles. The largest absolute Gasteiger partial charge is 0.478 e. The molecule has 0 aliphatic rings. The van der Waals surface area contributed by atoms with E-state index in [9.17, 15) is 9.59 Å². The van der Waals surface area contributed by atoms with Gasteiger partial charge in [-0.2, -0.15) is 0 Å². The van der Waals surface area contributed by atoms with E-state index < -0.39 is 5.97 Å². The lowest BCUT2D eigenvalue weighted by molar-refractivity contribution is -0.140. The summed E-state index contributed by atoms with van der Waals surface area (Å²) in [6.07, 6.45) is 3.11. The predicted octanol–water partition coefficient (Wildman–Crippen LogP) is 2.53. The van der Waals surface area contributed by atoms with Crippen molar-refractivity contribution in [3.63, 3.8) is 0 Å². The molecule has 0 saturated heterocycles. The first kappa shape index (κ1) is 15.0. The first-order chi connectivity index (χ1) is 9.13. The molecule has 0 amide bonds. The molecule has 0 bridgehead atoms. The number of carbonyl (C=O) groups excluding carboxylic acids is 1. The lowest BCUT2D eigenvalue weighted by Crippen LogP contribution is -2.04. The molecule has 0 spiro atoms. The molecular formula is C14H19NO4. The third-order valence-corrected chi connectivity index (χ3v) is 2.72. The number of aromatic carboxylic acids is 1. The number of hydrogen-bond donors (Lipinski definition) is 2. The molecule has 0 fully saturated rings. The van der Waals surface area contributed by atoms with E-state index in [0.29, 0.717) is 6.42 Å². The Balaban J connectivity index is 2.21. The average molecular weight is 265 g/mol. The van der Waals surface area contributed by atoms with Crippen LogP contribution in [-0.2, 0) is 9.53 Å². The molecule has 0 heterocycles. The first-order valence-corrected chi connectivity index (χ1v) is 6.27. The summed E-state index contributed by atoms with van der Waals surface area (Å²) in [4.78, 5) is 21.7. The van der Waals surface area contributed by atoms with Crippen LogP contribution in [0.4, 0.5) is 5.69 Å². The van der Waals surface area contributed by atoms with Crippen molar-refractivity contribution in [3.05, 3.63) is 29.8 Å². The Morgan fingerprint density at radius 2 is 2.05 bits per heavy atom. The highest BCUT2D eigenvalue weighted by Crippen LogP contribution is 2.11. The number of esters is 1. The normalized spacial score (nSPS) is 9.95. The molecule has 0 unspecified atom stereocenters. The van der Waals surface area contributed by atoms with Gasteiger partial charge in [-0.15, -0.1) is 0 Å². The average Bonchev–Trinajstić information content (AvgIpc) is 2.42. The van der Waals surface area contributed by atoms with Gasteiger partial charge < -0.3 is 15.2 Å². The lowest BCUT2D eigenvalue weighted by Gasteiger charge is -2.06. The molecule has 0 atom stereocenters. The number of carboxylic acid groups (broad SMARTS) is 1. The van der Waals surface area contributed by atoms with Crippen LogP contribution in [0.15, 0.2) is 24.3 Å². The summed E-state index contributed by atoms with van der Waals surface area (Å²) < 4.78 is 4.55. The van der Waals surface area contributed by atoms with Crippen molar-refractivity contribution < 1.29 is 19.4 Å². The zero-order chi connectivity index (χ0) is 14.1. The van der Waals surface area contributed by atoms with Gasteiger partial charge in [-0.1, -0.05) is 12.5 Å². The monoisotopic (exact) mass is 265 g/mol. The zero-order valence-electron chi connectivity index (χ0n) is 11.0. The molecular weight excluding hydrogens is 246 g/mol. The number of benzene rings is 1. The van der Waals surface area contributed by atoms with Gasteiger partial charge in [0.2, 0.25) is 0 Å². The molecule has 0 radical (unpaired) electrons. The molecule has 5 nitrogen and oxygen atoms in total. The van der Waals surface area contributed by atoms with Crippen LogP contribution in [0.5, 0.6) is 0 Å². The number of methoxy groups -OCH3 is 1. The molecule has 0 aromatic heterocycles. The molecule has 5 heteroatoms. The van der Waals surface area contributed by atoms with E-state index in [1.807, 2.05) is 6.07 Å². The number of carboxylic acids is 1. The number of ether oxygens (including phenoxy) is 1. The van der Waals surface area contributed by atoms with Crippen molar-refractivity contribution in [2.75, 3.05) is 19.0 Å². The molecule has 2 N–H and O–H groups in total. The second kappa shape index (κ2) is 8.13. The van der Waals surface area contributed by atoms with Gasteiger partial charge in [0.1, 0.15) is 0 Å². The van der Waals surface area contributed by atoms with Crippen LogP contribution in [0.25, 0.3) is 0 Å².